The predicted octanol–water partition coefficient (Wildman–Crippen LogP) is -0.437. The molecule has 26 heavy (non-hydrogen) atoms. The number of carbonyl (C=O) groups is 2. The van der Waals surface area contributed by atoms with Crippen LogP contribution in [0.3, 0.4) is 0 Å². The lowest BCUT2D eigenvalue weighted by atomic mass is 10.1. The number of hydrogen-bond acceptors (Lipinski definition) is 6. The summed E-state index contributed by atoms with van der Waals surface area (Å²) in [6, 6.07) is 5.67. The summed E-state index contributed by atoms with van der Waals surface area (Å²) in [5.74, 6) is -0.0528. The van der Waals surface area contributed by atoms with Crippen molar-refractivity contribution in [2.24, 2.45) is 7.05 Å². The quantitative estimate of drug-likeness (QED) is 0.679. The van der Waals surface area contributed by atoms with Crippen molar-refractivity contribution >= 4 is 23.2 Å². The number of amides is 2. The molecule has 2 aromatic rings. The molecule has 138 valence electrons. The Hall–Kier alpha value is -2.78. The predicted molar refractivity (Wildman–Crippen MR) is 96.2 cm³/mol. The summed E-state index contributed by atoms with van der Waals surface area (Å²) < 4.78 is 1.45. The zero-order valence-electron chi connectivity index (χ0n) is 14.8. The van der Waals surface area contributed by atoms with Crippen LogP contribution in [0.25, 0.3) is 0 Å². The lowest BCUT2D eigenvalue weighted by molar-refractivity contribution is -0.117. The number of nitrogens with one attached hydrogen (secondary N) is 1. The van der Waals surface area contributed by atoms with Gasteiger partial charge in [-0.15, -0.1) is 0 Å². The topological polar surface area (TPSA) is 104 Å². The Morgan fingerprint density at radius 3 is 2.88 bits per heavy atom. The van der Waals surface area contributed by atoms with E-state index in [9.17, 15) is 9.59 Å². The molecule has 0 fully saturated rings. The van der Waals surface area contributed by atoms with Crippen molar-refractivity contribution in [1.82, 2.24) is 20.1 Å². The fourth-order valence-corrected chi connectivity index (χ4v) is 2.93. The van der Waals surface area contributed by atoms with Crippen molar-refractivity contribution in [3.8, 4) is 0 Å². The van der Waals surface area contributed by atoms with Gasteiger partial charge in [-0.2, -0.15) is 5.10 Å². The molecule has 0 aliphatic carbocycles. The monoisotopic (exact) mass is 358 g/mol. The minimum absolute atomic E-state index is 0.0189. The van der Waals surface area contributed by atoms with Crippen LogP contribution in [-0.4, -0.2) is 65.0 Å². The first-order chi connectivity index (χ1) is 12.5. The summed E-state index contributed by atoms with van der Waals surface area (Å²) in [7, 11) is 3.37. The number of aryl methyl sites for hydroxylation is 1. The number of hydrogen-bond donors (Lipinski definition) is 2. The first-order valence-corrected chi connectivity index (χ1v) is 8.40. The van der Waals surface area contributed by atoms with E-state index in [4.69, 9.17) is 5.11 Å². The first-order valence-electron chi connectivity index (χ1n) is 8.40. The number of aliphatic hydroxyl groups excluding tert-OH is 1. The van der Waals surface area contributed by atoms with E-state index in [0.717, 1.165) is 17.7 Å². The zero-order valence-corrected chi connectivity index (χ0v) is 14.8. The van der Waals surface area contributed by atoms with E-state index in [2.05, 4.69) is 15.4 Å². The molecule has 9 nitrogen and oxygen atoms in total. The third kappa shape index (κ3) is 3.44. The minimum Gasteiger partial charge on any atom is -0.395 e. The molecular weight excluding hydrogens is 336 g/mol. The molecule has 0 saturated carbocycles. The molecule has 0 bridgehead atoms. The van der Waals surface area contributed by atoms with Crippen LogP contribution < -0.4 is 15.1 Å². The van der Waals surface area contributed by atoms with Crippen molar-refractivity contribution in [3.63, 3.8) is 0 Å². The highest BCUT2D eigenvalue weighted by molar-refractivity contribution is 6.05. The number of aromatic nitrogens is 3. The maximum atomic E-state index is 12.8. The van der Waals surface area contributed by atoms with Gasteiger partial charge in [0.05, 0.1) is 13.2 Å². The number of carbonyl (C=O) groups excluding carboxylic acids is 2. The van der Waals surface area contributed by atoms with Gasteiger partial charge >= 0.3 is 0 Å². The molecule has 1 aliphatic rings. The molecule has 0 saturated heterocycles. The largest absolute Gasteiger partial charge is 0.395 e. The Morgan fingerprint density at radius 2 is 2.19 bits per heavy atom. The number of fused-ring (bicyclic) bond motifs is 1. The average molecular weight is 358 g/mol. The highest BCUT2D eigenvalue weighted by Crippen LogP contribution is 2.32. The molecule has 9 heteroatoms. The Bertz CT molecular complexity index is 819. The van der Waals surface area contributed by atoms with Gasteiger partial charge in [0, 0.05) is 38.6 Å². The Kier molecular flexibility index (Phi) is 5.29. The van der Waals surface area contributed by atoms with Gasteiger partial charge in [0.25, 0.3) is 5.91 Å². The normalized spacial score (nSPS) is 13.0. The molecule has 0 radical (unpaired) electrons. The van der Waals surface area contributed by atoms with E-state index in [1.807, 2.05) is 18.2 Å². The Labute approximate surface area is 151 Å². The summed E-state index contributed by atoms with van der Waals surface area (Å²) in [4.78, 5) is 32.3. The fraction of sp³-hybridized carbons (Fsp3) is 0.412. The Balaban J connectivity index is 1.80. The number of benzene rings is 1. The highest BCUT2D eigenvalue weighted by atomic mass is 16.3. The third-order valence-electron chi connectivity index (χ3n) is 4.44. The van der Waals surface area contributed by atoms with Crippen LogP contribution in [0.4, 0.5) is 11.4 Å². The van der Waals surface area contributed by atoms with Crippen LogP contribution in [-0.2, 0) is 18.3 Å². The van der Waals surface area contributed by atoms with Gasteiger partial charge in [0.15, 0.2) is 0 Å². The highest BCUT2D eigenvalue weighted by Gasteiger charge is 2.29. The smallest absolute Gasteiger partial charge is 0.295 e. The summed E-state index contributed by atoms with van der Waals surface area (Å²) in [6.07, 6.45) is 2.11. The number of anilines is 2. The van der Waals surface area contributed by atoms with Gasteiger partial charge in [0.2, 0.25) is 11.7 Å². The second-order valence-corrected chi connectivity index (χ2v) is 6.08. The fourth-order valence-electron chi connectivity index (χ4n) is 2.93. The molecular formula is C17H22N6O3. The van der Waals surface area contributed by atoms with E-state index in [-0.39, 0.29) is 30.8 Å². The summed E-state index contributed by atoms with van der Waals surface area (Å²) >= 11 is 0. The van der Waals surface area contributed by atoms with Crippen LogP contribution in [0.2, 0.25) is 0 Å². The van der Waals surface area contributed by atoms with Gasteiger partial charge in [0.1, 0.15) is 6.33 Å². The van der Waals surface area contributed by atoms with Crippen molar-refractivity contribution in [1.29, 1.82) is 0 Å². The maximum Gasteiger partial charge on any atom is 0.295 e. The van der Waals surface area contributed by atoms with Gasteiger partial charge in [-0.25, -0.2) is 9.67 Å². The van der Waals surface area contributed by atoms with E-state index in [0.29, 0.717) is 18.8 Å². The van der Waals surface area contributed by atoms with Crippen LogP contribution in [0.5, 0.6) is 0 Å². The van der Waals surface area contributed by atoms with Crippen LogP contribution >= 0.6 is 0 Å². The lowest BCUT2D eigenvalue weighted by Crippen LogP contribution is -2.36. The SMILES string of the molecule is CN(C(=O)CNCCO)c1ccc2c(c1)N(C(=O)c1ncnn1C)CC2. The van der Waals surface area contributed by atoms with Crippen LogP contribution in [0.1, 0.15) is 16.2 Å². The van der Waals surface area contributed by atoms with Gasteiger partial charge < -0.3 is 20.2 Å². The number of rotatable bonds is 6. The summed E-state index contributed by atoms with van der Waals surface area (Å²) in [5, 5.41) is 15.6. The second-order valence-electron chi connectivity index (χ2n) is 6.08. The van der Waals surface area contributed by atoms with Gasteiger partial charge in [-0.1, -0.05) is 6.07 Å². The van der Waals surface area contributed by atoms with E-state index >= 15 is 0 Å². The molecule has 2 amide bonds. The molecule has 1 aliphatic heterocycles. The molecule has 1 aromatic carbocycles. The zero-order chi connectivity index (χ0) is 18.7. The van der Waals surface area contributed by atoms with Crippen LogP contribution in [0, 0.1) is 0 Å². The lowest BCUT2D eigenvalue weighted by Gasteiger charge is -2.21. The first kappa shape index (κ1) is 18.0. The second kappa shape index (κ2) is 7.63. The van der Waals surface area contributed by atoms with E-state index < -0.39 is 0 Å². The molecule has 0 atom stereocenters. The van der Waals surface area contributed by atoms with Gasteiger partial charge in [-0.05, 0) is 24.1 Å². The summed E-state index contributed by atoms with van der Waals surface area (Å²) in [6.45, 7) is 1.05. The maximum absolute atomic E-state index is 12.8. The van der Waals surface area contributed by atoms with Crippen molar-refractivity contribution in [3.05, 3.63) is 35.9 Å². The standard InChI is InChI=1S/C17H22N6O3/c1-21(15(25)10-18-6-8-24)13-4-3-12-5-7-23(14(12)9-13)17(26)16-19-11-20-22(16)2/h3-4,9,11,18,24H,5-8,10H2,1-2H3. The van der Waals surface area contributed by atoms with Gasteiger partial charge in [-0.3, -0.25) is 9.59 Å². The van der Waals surface area contributed by atoms with E-state index in [1.165, 1.54) is 15.9 Å². The molecule has 2 N–H and O–H groups in total. The third-order valence-corrected chi connectivity index (χ3v) is 4.44. The molecule has 0 unspecified atom stereocenters. The number of aliphatic hydroxyl groups is 1. The molecule has 2 heterocycles. The molecule has 1 aromatic heterocycles. The minimum atomic E-state index is -0.209. The molecule has 3 rings (SSSR count). The van der Waals surface area contributed by atoms with Crippen molar-refractivity contribution < 1.29 is 14.7 Å². The summed E-state index contributed by atoms with van der Waals surface area (Å²) in [5.41, 5.74) is 2.55. The molecule has 0 spiro atoms. The number of likely N-dealkylation sites (N-methyl/N-ethyl adjacent to an activating group) is 1. The number of nitrogens with zero attached hydrogens (tertiary/aromatic N) is 5. The van der Waals surface area contributed by atoms with Crippen molar-refractivity contribution in [2.75, 3.05) is 43.1 Å². The van der Waals surface area contributed by atoms with Crippen LogP contribution in [0.15, 0.2) is 24.5 Å². The average Bonchev–Trinajstić information content (AvgIpc) is 3.26. The van der Waals surface area contributed by atoms with E-state index in [1.54, 1.807) is 19.0 Å². The van der Waals surface area contributed by atoms with Crippen molar-refractivity contribution in [2.45, 2.75) is 6.42 Å². The Morgan fingerprint density at radius 1 is 1.38 bits per heavy atom.